The molecule has 3 N–H and O–H groups in total. The van der Waals surface area contributed by atoms with Gasteiger partial charge >= 0.3 is 6.03 Å². The molecule has 0 aromatic heterocycles. The van der Waals surface area contributed by atoms with Crippen molar-refractivity contribution in [2.45, 2.75) is 75.1 Å². The third kappa shape index (κ3) is 4.02. The van der Waals surface area contributed by atoms with E-state index in [1.807, 2.05) is 9.80 Å². The average molecular weight is 485 g/mol. The van der Waals surface area contributed by atoms with Crippen LogP contribution in [0.3, 0.4) is 0 Å². The number of rotatable bonds is 6. The minimum absolute atomic E-state index is 0.00196. The van der Waals surface area contributed by atoms with E-state index in [4.69, 9.17) is 10.5 Å². The zero-order chi connectivity index (χ0) is 24.4. The summed E-state index contributed by atoms with van der Waals surface area (Å²) in [6, 6.07) is 1.79. The average Bonchev–Trinajstić information content (AvgIpc) is 3.51. The molecule has 35 heavy (non-hydrogen) atoms. The van der Waals surface area contributed by atoms with Crippen molar-refractivity contribution >= 4 is 11.9 Å². The fourth-order valence-electron chi connectivity index (χ4n) is 8.82. The maximum Gasteiger partial charge on any atom is 0.317 e. The molecule has 2 heterocycles. The molecule has 0 radical (unpaired) electrons. The summed E-state index contributed by atoms with van der Waals surface area (Å²) in [6.07, 6.45) is 8.22. The van der Waals surface area contributed by atoms with Gasteiger partial charge in [0.05, 0.1) is 24.3 Å². The summed E-state index contributed by atoms with van der Waals surface area (Å²) in [4.78, 5) is 31.6. The predicted molar refractivity (Wildman–Crippen MR) is 129 cm³/mol. The largest absolute Gasteiger partial charge is 0.374 e. The quantitative estimate of drug-likeness (QED) is 0.584. The van der Waals surface area contributed by atoms with Crippen LogP contribution in [0.2, 0.25) is 0 Å². The fourth-order valence-corrected chi connectivity index (χ4v) is 8.82. The second-order valence-electron chi connectivity index (χ2n) is 12.4. The van der Waals surface area contributed by atoms with Gasteiger partial charge in [-0.15, -0.1) is 0 Å². The van der Waals surface area contributed by atoms with Crippen molar-refractivity contribution in [1.29, 1.82) is 5.26 Å². The Kier molecular flexibility index (Phi) is 5.78. The van der Waals surface area contributed by atoms with Gasteiger partial charge in [0.2, 0.25) is 5.91 Å². The number of hydrogen-bond acceptors (Lipinski definition) is 6. The molecule has 2 unspecified atom stereocenters. The van der Waals surface area contributed by atoms with Crippen molar-refractivity contribution in [2.24, 2.45) is 28.9 Å². The normalized spacial score (nSPS) is 42.5. The van der Waals surface area contributed by atoms with Crippen molar-refractivity contribution in [3.8, 4) is 6.07 Å². The molecular formula is C26H40N6O3. The van der Waals surface area contributed by atoms with Gasteiger partial charge in [0.15, 0.2) is 0 Å². The minimum atomic E-state index is -0.524. The molecule has 2 aliphatic heterocycles. The minimum Gasteiger partial charge on any atom is -0.374 e. The number of nitrogens with two attached hydrogens (primary N) is 1. The van der Waals surface area contributed by atoms with E-state index in [9.17, 15) is 14.9 Å². The monoisotopic (exact) mass is 484 g/mol. The Morgan fingerprint density at radius 2 is 1.83 bits per heavy atom. The van der Waals surface area contributed by atoms with Gasteiger partial charge in [-0.3, -0.25) is 9.69 Å². The lowest BCUT2D eigenvalue weighted by Crippen LogP contribution is -2.65. The maximum atomic E-state index is 13.7. The van der Waals surface area contributed by atoms with Crippen LogP contribution in [0.4, 0.5) is 4.79 Å². The number of likely N-dealkylation sites (tertiary alicyclic amines) is 1. The van der Waals surface area contributed by atoms with Gasteiger partial charge in [-0.25, -0.2) is 4.79 Å². The van der Waals surface area contributed by atoms with Crippen LogP contribution in [0.5, 0.6) is 0 Å². The Bertz CT molecular complexity index is 897. The number of hydrogen-bond donors (Lipinski definition) is 2. The van der Waals surface area contributed by atoms with Gasteiger partial charge in [0, 0.05) is 45.8 Å². The van der Waals surface area contributed by atoms with Crippen molar-refractivity contribution in [1.82, 2.24) is 20.0 Å². The van der Waals surface area contributed by atoms with Crippen LogP contribution >= 0.6 is 0 Å². The molecule has 9 heteroatoms. The number of carbonyl (C=O) groups is 2. The molecule has 5 aliphatic carbocycles. The first-order chi connectivity index (χ1) is 16.9. The maximum absolute atomic E-state index is 13.7. The van der Waals surface area contributed by atoms with Crippen molar-refractivity contribution < 1.29 is 14.3 Å². The van der Waals surface area contributed by atoms with E-state index < -0.39 is 6.04 Å². The third-order valence-electron chi connectivity index (χ3n) is 10.2. The molecule has 4 bridgehead atoms. The summed E-state index contributed by atoms with van der Waals surface area (Å²) < 4.78 is 6.73. The number of nitrogens with zero attached hydrogens (tertiary/aromatic N) is 4. The molecule has 2 saturated heterocycles. The molecular weight excluding hydrogens is 444 g/mol. The molecule has 9 nitrogen and oxygen atoms in total. The number of amides is 3. The zero-order valence-electron chi connectivity index (χ0n) is 21.0. The summed E-state index contributed by atoms with van der Waals surface area (Å²) in [5.74, 6) is 1.71. The first-order valence-electron chi connectivity index (χ1n) is 13.7. The molecule has 7 rings (SSSR count). The molecule has 7 fully saturated rings. The lowest BCUT2D eigenvalue weighted by molar-refractivity contribution is -0.201. The van der Waals surface area contributed by atoms with E-state index in [1.54, 1.807) is 7.05 Å². The molecule has 5 saturated carbocycles. The summed E-state index contributed by atoms with van der Waals surface area (Å²) >= 11 is 0. The molecule has 192 valence electrons. The molecule has 7 aliphatic rings. The predicted octanol–water partition coefficient (Wildman–Crippen LogP) is 1.14. The highest BCUT2D eigenvalue weighted by Gasteiger charge is 2.63. The first-order valence-corrected chi connectivity index (χ1v) is 13.7. The number of nitriles is 1. The lowest BCUT2D eigenvalue weighted by atomic mass is 9.46. The number of piperazine rings is 1. The number of fused-ring (bicyclic) bond motifs is 1. The van der Waals surface area contributed by atoms with Crippen LogP contribution in [0, 0.1) is 34.5 Å². The van der Waals surface area contributed by atoms with E-state index in [1.165, 1.54) is 6.42 Å². The van der Waals surface area contributed by atoms with Crippen molar-refractivity contribution in [3.05, 3.63) is 0 Å². The third-order valence-corrected chi connectivity index (χ3v) is 10.2. The van der Waals surface area contributed by atoms with Crippen LogP contribution in [0.1, 0.15) is 51.4 Å². The van der Waals surface area contributed by atoms with E-state index in [0.29, 0.717) is 24.4 Å². The van der Waals surface area contributed by atoms with Crippen molar-refractivity contribution in [3.63, 3.8) is 0 Å². The first kappa shape index (κ1) is 23.5. The van der Waals surface area contributed by atoms with Gasteiger partial charge in [0.25, 0.3) is 0 Å². The van der Waals surface area contributed by atoms with Crippen LogP contribution in [-0.4, -0.2) is 96.7 Å². The second-order valence-corrected chi connectivity index (χ2v) is 12.4. The van der Waals surface area contributed by atoms with E-state index >= 15 is 0 Å². The Labute approximate surface area is 208 Å². The number of piperidine rings is 1. The number of carbonyl (C=O) groups excluding carboxylic acids is 2. The summed E-state index contributed by atoms with van der Waals surface area (Å²) in [6.45, 7) is 4.80. The van der Waals surface area contributed by atoms with Gasteiger partial charge < -0.3 is 25.6 Å². The topological polar surface area (TPSA) is 115 Å². The van der Waals surface area contributed by atoms with Crippen LogP contribution in [-0.2, 0) is 9.53 Å². The van der Waals surface area contributed by atoms with Crippen LogP contribution < -0.4 is 11.1 Å². The lowest BCUT2D eigenvalue weighted by Gasteiger charge is -2.63. The highest BCUT2D eigenvalue weighted by molar-refractivity contribution is 5.84. The van der Waals surface area contributed by atoms with E-state index in [0.717, 1.165) is 77.7 Å². The summed E-state index contributed by atoms with van der Waals surface area (Å²) in [7, 11) is 1.68. The van der Waals surface area contributed by atoms with E-state index in [-0.39, 0.29) is 35.0 Å². The SMILES string of the molecule is CNC(=O)N1CCN(CCOC23CC4CC(C2)CC([C@H](N)C(=O)N2[C@H](C#N)C[C@@H]5C[C@@H]52)(C4)C3)CC1. The Balaban J connectivity index is 1.09. The number of urea groups is 1. The van der Waals surface area contributed by atoms with E-state index in [2.05, 4.69) is 16.3 Å². The van der Waals surface area contributed by atoms with Gasteiger partial charge in [-0.1, -0.05) is 0 Å². The molecule has 6 atom stereocenters. The highest BCUT2D eigenvalue weighted by Crippen LogP contribution is 2.64. The fraction of sp³-hybridized carbons (Fsp3) is 0.885. The summed E-state index contributed by atoms with van der Waals surface area (Å²) in [5.41, 5.74) is 6.50. The molecule has 0 aromatic carbocycles. The highest BCUT2D eigenvalue weighted by atomic mass is 16.5. The number of nitrogens with one attached hydrogen (secondary N) is 1. The second kappa shape index (κ2) is 8.60. The Morgan fingerprint density at radius 3 is 2.49 bits per heavy atom. The standard InChI is InChI=1S/C26H40N6O3/c1-29-24(34)31-4-2-30(3-5-31)6-7-35-26-13-17-8-18(14-26)12-25(11-17,16-26)22(28)23(33)32-20(15-27)9-19-10-21(19)32/h17-22H,2-14,16,28H2,1H3,(H,29,34)/t17?,18?,19-,20+,21+,22-,25?,26?/m1/s1. The van der Waals surface area contributed by atoms with Gasteiger partial charge in [-0.05, 0) is 74.5 Å². The zero-order valence-corrected chi connectivity index (χ0v) is 21.0. The molecule has 3 amide bonds. The summed E-state index contributed by atoms with van der Waals surface area (Å²) in [5, 5.41) is 12.3. The van der Waals surface area contributed by atoms with Gasteiger partial charge in [-0.2, -0.15) is 5.26 Å². The molecule has 0 aromatic rings. The van der Waals surface area contributed by atoms with Gasteiger partial charge in [0.1, 0.15) is 6.04 Å². The number of ether oxygens (including phenoxy) is 1. The molecule has 0 spiro atoms. The Morgan fingerprint density at radius 1 is 1.11 bits per heavy atom. The van der Waals surface area contributed by atoms with Crippen molar-refractivity contribution in [2.75, 3.05) is 46.4 Å². The van der Waals surface area contributed by atoms with Crippen LogP contribution in [0.15, 0.2) is 0 Å². The van der Waals surface area contributed by atoms with Crippen LogP contribution in [0.25, 0.3) is 0 Å². The smallest absolute Gasteiger partial charge is 0.317 e. The Hall–Kier alpha value is -1.89.